The molecule has 0 fully saturated rings. The topological polar surface area (TPSA) is 50.7 Å². The van der Waals surface area contributed by atoms with Gasteiger partial charge in [0.15, 0.2) is 0 Å². The van der Waals surface area contributed by atoms with E-state index in [-0.39, 0.29) is 18.4 Å². The van der Waals surface area contributed by atoms with Crippen molar-refractivity contribution in [1.29, 1.82) is 0 Å². The van der Waals surface area contributed by atoms with Gasteiger partial charge in [-0.2, -0.15) is 0 Å². The molecule has 126 valence electrons. The Morgan fingerprint density at radius 2 is 1.91 bits per heavy atom. The highest BCUT2D eigenvalue weighted by Gasteiger charge is 2.12. The monoisotopic (exact) mass is 316 g/mol. The minimum Gasteiger partial charge on any atom is -0.360 e. The predicted octanol–water partition coefficient (Wildman–Crippen LogP) is 4.13. The van der Waals surface area contributed by atoms with Crippen LogP contribution >= 0.6 is 0 Å². The molecule has 1 rings (SSSR count). The normalized spacial score (nSPS) is 12.8. The maximum atomic E-state index is 11.6. The molecule has 1 N–H and O–H groups in total. The van der Waals surface area contributed by atoms with Crippen molar-refractivity contribution in [2.45, 2.75) is 40.5 Å². The van der Waals surface area contributed by atoms with Crippen molar-refractivity contribution in [2.75, 3.05) is 6.54 Å². The summed E-state index contributed by atoms with van der Waals surface area (Å²) in [5, 5.41) is 7.06. The summed E-state index contributed by atoms with van der Waals surface area (Å²) in [5.41, 5.74) is 1.93. The van der Waals surface area contributed by atoms with Gasteiger partial charge in [-0.3, -0.25) is 4.79 Å². The average Bonchev–Trinajstić information content (AvgIpc) is 2.53. The summed E-state index contributed by atoms with van der Waals surface area (Å²) in [6, 6.07) is 9.97. The first-order valence-corrected chi connectivity index (χ1v) is 8.18. The van der Waals surface area contributed by atoms with E-state index in [0.717, 1.165) is 17.7 Å². The molecule has 0 aliphatic carbocycles. The minimum atomic E-state index is -0.000983. The van der Waals surface area contributed by atoms with Crippen molar-refractivity contribution >= 4 is 11.6 Å². The number of nitrogens with zero attached hydrogens (tertiary/aromatic N) is 1. The van der Waals surface area contributed by atoms with Crippen LogP contribution in [0.3, 0.4) is 0 Å². The fourth-order valence-electron chi connectivity index (χ4n) is 2.02. The molecule has 1 unspecified atom stereocenters. The molecule has 1 amide bonds. The number of hydrogen-bond acceptors (Lipinski definition) is 3. The Morgan fingerprint density at radius 1 is 1.26 bits per heavy atom. The van der Waals surface area contributed by atoms with Crippen molar-refractivity contribution in [1.82, 2.24) is 5.32 Å². The summed E-state index contributed by atoms with van der Waals surface area (Å²) in [6.45, 7) is 12.3. The summed E-state index contributed by atoms with van der Waals surface area (Å²) < 4.78 is 0. The van der Waals surface area contributed by atoms with Crippen LogP contribution in [0.2, 0.25) is 0 Å². The number of rotatable bonds is 9. The molecule has 0 radical (unpaired) electrons. The third-order valence-corrected chi connectivity index (χ3v) is 3.50. The SMILES string of the molecule is C=C(CNC(=O)CC(C)C)O/N=C(/c1ccccc1)C(C)CC. The van der Waals surface area contributed by atoms with E-state index in [2.05, 4.69) is 30.9 Å². The molecule has 0 aliphatic heterocycles. The van der Waals surface area contributed by atoms with Crippen molar-refractivity contribution in [3.63, 3.8) is 0 Å². The summed E-state index contributed by atoms with van der Waals surface area (Å²) in [6.07, 6.45) is 1.47. The molecule has 0 spiro atoms. The molecule has 4 nitrogen and oxygen atoms in total. The van der Waals surface area contributed by atoms with Gasteiger partial charge >= 0.3 is 0 Å². The van der Waals surface area contributed by atoms with Crippen molar-refractivity contribution < 1.29 is 9.63 Å². The number of carbonyl (C=O) groups is 1. The quantitative estimate of drug-likeness (QED) is 0.423. The van der Waals surface area contributed by atoms with Gasteiger partial charge in [-0.25, -0.2) is 0 Å². The molecular weight excluding hydrogens is 288 g/mol. The third kappa shape index (κ3) is 7.13. The molecule has 0 bridgehead atoms. The molecule has 0 aliphatic rings. The summed E-state index contributed by atoms with van der Waals surface area (Å²) in [4.78, 5) is 17.0. The molecule has 4 heteroatoms. The van der Waals surface area contributed by atoms with Crippen LogP contribution in [0.25, 0.3) is 0 Å². The fourth-order valence-corrected chi connectivity index (χ4v) is 2.02. The molecule has 0 aromatic heterocycles. The Balaban J connectivity index is 2.63. The maximum absolute atomic E-state index is 11.6. The average molecular weight is 316 g/mol. The van der Waals surface area contributed by atoms with Crippen LogP contribution in [0.1, 0.15) is 46.1 Å². The molecule has 1 atom stereocenters. The first-order valence-electron chi connectivity index (χ1n) is 8.18. The zero-order chi connectivity index (χ0) is 17.2. The van der Waals surface area contributed by atoms with Crippen molar-refractivity contribution in [2.24, 2.45) is 17.0 Å². The Bertz CT molecular complexity index is 536. The first kappa shape index (κ1) is 18.9. The Morgan fingerprint density at radius 3 is 2.48 bits per heavy atom. The summed E-state index contributed by atoms with van der Waals surface area (Å²) in [7, 11) is 0. The van der Waals surface area contributed by atoms with Gasteiger partial charge in [0.2, 0.25) is 5.91 Å². The zero-order valence-electron chi connectivity index (χ0n) is 14.6. The highest BCUT2D eigenvalue weighted by molar-refractivity contribution is 6.01. The van der Waals surface area contributed by atoms with Crippen LogP contribution < -0.4 is 5.32 Å². The molecular formula is C19H28N2O2. The fraction of sp³-hybridized carbons (Fsp3) is 0.474. The largest absolute Gasteiger partial charge is 0.360 e. The Hall–Kier alpha value is -2.10. The van der Waals surface area contributed by atoms with Crippen LogP contribution in [0.15, 0.2) is 47.8 Å². The lowest BCUT2D eigenvalue weighted by atomic mass is 9.96. The Labute approximate surface area is 139 Å². The smallest absolute Gasteiger partial charge is 0.220 e. The first-order chi connectivity index (χ1) is 10.9. The zero-order valence-corrected chi connectivity index (χ0v) is 14.6. The molecule has 0 heterocycles. The van der Waals surface area contributed by atoms with Gasteiger partial charge in [-0.05, 0) is 17.9 Å². The molecule has 1 aromatic carbocycles. The van der Waals surface area contributed by atoms with Crippen LogP contribution in [0.5, 0.6) is 0 Å². The van der Waals surface area contributed by atoms with Gasteiger partial charge in [0.05, 0.1) is 12.3 Å². The minimum absolute atomic E-state index is 0.000983. The molecule has 0 saturated heterocycles. The number of oxime groups is 1. The van der Waals surface area contributed by atoms with E-state index in [9.17, 15) is 4.79 Å². The van der Waals surface area contributed by atoms with Crippen molar-refractivity contribution in [3.8, 4) is 0 Å². The summed E-state index contributed by atoms with van der Waals surface area (Å²) in [5.74, 6) is 1.04. The van der Waals surface area contributed by atoms with Crippen LogP contribution in [0.4, 0.5) is 0 Å². The predicted molar refractivity (Wildman–Crippen MR) is 95.1 cm³/mol. The van der Waals surface area contributed by atoms with E-state index in [4.69, 9.17) is 4.84 Å². The summed E-state index contributed by atoms with van der Waals surface area (Å²) >= 11 is 0. The lowest BCUT2D eigenvalue weighted by molar-refractivity contribution is -0.121. The van der Waals surface area contributed by atoms with E-state index in [1.54, 1.807) is 0 Å². The van der Waals surface area contributed by atoms with Crippen LogP contribution in [-0.4, -0.2) is 18.2 Å². The van der Waals surface area contributed by atoms with E-state index in [0.29, 0.717) is 18.1 Å². The number of benzene rings is 1. The van der Waals surface area contributed by atoms with E-state index >= 15 is 0 Å². The highest BCUT2D eigenvalue weighted by atomic mass is 16.6. The molecule has 23 heavy (non-hydrogen) atoms. The maximum Gasteiger partial charge on any atom is 0.220 e. The number of carbonyl (C=O) groups excluding carboxylic acids is 1. The second-order valence-electron chi connectivity index (χ2n) is 6.16. The van der Waals surface area contributed by atoms with Crippen LogP contribution in [0, 0.1) is 11.8 Å². The number of nitrogens with one attached hydrogen (secondary N) is 1. The lowest BCUT2D eigenvalue weighted by Gasteiger charge is -2.13. The van der Waals surface area contributed by atoms with Gasteiger partial charge < -0.3 is 10.2 Å². The van der Waals surface area contributed by atoms with Gasteiger partial charge in [0.1, 0.15) is 5.76 Å². The second-order valence-corrected chi connectivity index (χ2v) is 6.16. The van der Waals surface area contributed by atoms with Crippen LogP contribution in [-0.2, 0) is 9.63 Å². The second kappa shape index (κ2) is 9.82. The number of amides is 1. The van der Waals surface area contributed by atoms with Crippen molar-refractivity contribution in [3.05, 3.63) is 48.2 Å². The highest BCUT2D eigenvalue weighted by Crippen LogP contribution is 2.14. The standard InChI is InChI=1S/C19H28N2O2/c1-6-15(4)19(17-10-8-7-9-11-17)21-23-16(5)13-20-18(22)12-14(2)3/h7-11,14-15H,5-6,12-13H2,1-4H3,(H,20,22)/b21-19+. The van der Waals surface area contributed by atoms with E-state index < -0.39 is 0 Å². The molecule has 0 saturated carbocycles. The third-order valence-electron chi connectivity index (χ3n) is 3.50. The molecule has 1 aromatic rings. The van der Waals surface area contributed by atoms with Gasteiger partial charge in [0, 0.05) is 12.3 Å². The lowest BCUT2D eigenvalue weighted by Crippen LogP contribution is -2.26. The number of hydrogen-bond donors (Lipinski definition) is 1. The van der Waals surface area contributed by atoms with E-state index in [1.807, 2.05) is 44.2 Å². The van der Waals surface area contributed by atoms with Gasteiger partial charge in [-0.15, -0.1) is 0 Å². The van der Waals surface area contributed by atoms with Gasteiger partial charge in [-0.1, -0.05) is 69.8 Å². The van der Waals surface area contributed by atoms with E-state index in [1.165, 1.54) is 0 Å². The van der Waals surface area contributed by atoms with Gasteiger partial charge in [0.25, 0.3) is 0 Å². The Kier molecular flexibility index (Phi) is 8.09.